The summed E-state index contributed by atoms with van der Waals surface area (Å²) in [5.41, 5.74) is 1.51. The van der Waals surface area contributed by atoms with Crippen molar-refractivity contribution in [3.05, 3.63) is 24.3 Å². The number of urea groups is 1. The molecular weight excluding hydrogens is 390 g/mol. The number of benzene rings is 1. The van der Waals surface area contributed by atoms with E-state index in [1.54, 1.807) is 4.90 Å². The van der Waals surface area contributed by atoms with Crippen LogP contribution in [0.4, 0.5) is 10.5 Å². The molecule has 1 aromatic carbocycles. The Morgan fingerprint density at radius 3 is 2.41 bits per heavy atom. The highest BCUT2D eigenvalue weighted by Gasteiger charge is 2.74. The van der Waals surface area contributed by atoms with E-state index in [-0.39, 0.29) is 23.0 Å². The fourth-order valence-corrected chi connectivity index (χ4v) is 7.00. The molecule has 0 bridgehead atoms. The van der Waals surface area contributed by atoms with Crippen LogP contribution in [-0.4, -0.2) is 81.1 Å². The molecule has 158 valence electrons. The van der Waals surface area contributed by atoms with Crippen LogP contribution in [0, 0.1) is 17.3 Å². The van der Waals surface area contributed by atoms with Gasteiger partial charge in [-0.25, -0.2) is 13.2 Å². The second-order valence-corrected chi connectivity index (χ2v) is 11.3. The molecule has 1 aliphatic carbocycles. The highest BCUT2D eigenvalue weighted by molar-refractivity contribution is 7.91. The van der Waals surface area contributed by atoms with Crippen LogP contribution in [0.5, 0.6) is 5.75 Å². The first-order valence-corrected chi connectivity index (χ1v) is 12.4. The molecule has 5 rings (SSSR count). The van der Waals surface area contributed by atoms with Gasteiger partial charge in [-0.15, -0.1) is 0 Å². The van der Waals surface area contributed by atoms with Gasteiger partial charge in [-0.2, -0.15) is 0 Å². The summed E-state index contributed by atoms with van der Waals surface area (Å²) in [5.74, 6) is 2.01. The Labute approximate surface area is 172 Å². The summed E-state index contributed by atoms with van der Waals surface area (Å²) < 4.78 is 28.9. The van der Waals surface area contributed by atoms with Crippen molar-refractivity contribution in [2.24, 2.45) is 17.3 Å². The highest BCUT2D eigenvalue weighted by Crippen LogP contribution is 2.67. The maximum absolute atomic E-state index is 13.0. The molecule has 3 aliphatic heterocycles. The summed E-state index contributed by atoms with van der Waals surface area (Å²) in [6, 6.07) is 8.85. The average Bonchev–Trinajstić information content (AvgIpc) is 3.17. The minimum Gasteiger partial charge on any atom is -0.494 e. The lowest BCUT2D eigenvalue weighted by atomic mass is 9.86. The summed E-state index contributed by atoms with van der Waals surface area (Å²) in [6.45, 7) is 8.17. The highest BCUT2D eigenvalue weighted by atomic mass is 32.2. The number of piperidine rings is 2. The molecule has 8 heteroatoms. The van der Waals surface area contributed by atoms with E-state index in [1.807, 2.05) is 24.0 Å². The summed E-state index contributed by atoms with van der Waals surface area (Å²) in [6.07, 6.45) is 0. The lowest BCUT2D eigenvalue weighted by Crippen LogP contribution is -2.54. The number of hydrogen-bond acceptors (Lipinski definition) is 5. The van der Waals surface area contributed by atoms with Crippen molar-refractivity contribution < 1.29 is 17.9 Å². The second-order valence-electron chi connectivity index (χ2n) is 9.02. The Kier molecular flexibility index (Phi) is 4.28. The largest absolute Gasteiger partial charge is 0.494 e. The molecule has 0 N–H and O–H groups in total. The van der Waals surface area contributed by atoms with E-state index in [9.17, 15) is 13.2 Å². The maximum Gasteiger partial charge on any atom is 0.320 e. The summed E-state index contributed by atoms with van der Waals surface area (Å²) in [4.78, 5) is 19.2. The number of rotatable bonds is 3. The third kappa shape index (κ3) is 2.98. The Morgan fingerprint density at radius 1 is 1.10 bits per heavy atom. The number of carbonyl (C=O) groups excluding carboxylic acids is 1. The number of sulfone groups is 1. The van der Waals surface area contributed by atoms with Crippen LogP contribution in [0.15, 0.2) is 24.3 Å². The van der Waals surface area contributed by atoms with Gasteiger partial charge in [0.1, 0.15) is 5.75 Å². The predicted molar refractivity (Wildman–Crippen MR) is 111 cm³/mol. The fraction of sp³-hybridized carbons (Fsp3) is 0.667. The van der Waals surface area contributed by atoms with Gasteiger partial charge >= 0.3 is 6.03 Å². The first-order chi connectivity index (χ1) is 13.8. The van der Waals surface area contributed by atoms with Gasteiger partial charge < -0.3 is 19.4 Å². The number of amides is 2. The molecule has 4 atom stereocenters. The molecular formula is C21H29N3O4S. The Hall–Kier alpha value is -1.96. The smallest absolute Gasteiger partial charge is 0.320 e. The van der Waals surface area contributed by atoms with Crippen molar-refractivity contribution >= 4 is 21.6 Å². The number of ether oxygens (including phenoxy) is 1. The van der Waals surface area contributed by atoms with Crippen molar-refractivity contribution in [1.29, 1.82) is 0 Å². The number of nitrogens with zero attached hydrogens (tertiary/aromatic N) is 3. The standard InChI is InChI=1S/C21H29N3O4S/c1-3-28-17-6-4-16(5-7-17)24-13-15-12-23(14-18-19(24)21(15,18)2)20(25)22-8-10-29(26,27)11-9-22/h4-7,15,18-19H,3,8-14H2,1-2H3. The molecule has 3 heterocycles. The molecule has 0 aromatic heterocycles. The SMILES string of the molecule is CCOc1ccc(N2CC3CN(C(=O)N4CCS(=O)(=O)CC4)CC4C2C34C)cc1. The predicted octanol–water partition coefficient (Wildman–Crippen LogP) is 1.69. The van der Waals surface area contributed by atoms with Crippen LogP contribution in [0.25, 0.3) is 0 Å². The van der Waals surface area contributed by atoms with Gasteiger partial charge in [-0.05, 0) is 31.2 Å². The molecule has 4 unspecified atom stereocenters. The minimum absolute atomic E-state index is 0.0205. The van der Waals surface area contributed by atoms with Crippen molar-refractivity contribution in [2.45, 2.75) is 19.9 Å². The molecule has 1 saturated carbocycles. The van der Waals surface area contributed by atoms with Gasteiger partial charge in [0.2, 0.25) is 0 Å². The van der Waals surface area contributed by atoms with Crippen molar-refractivity contribution in [1.82, 2.24) is 9.80 Å². The Balaban J connectivity index is 1.27. The minimum atomic E-state index is -2.97. The Morgan fingerprint density at radius 2 is 1.79 bits per heavy atom. The van der Waals surface area contributed by atoms with E-state index in [1.165, 1.54) is 5.69 Å². The number of hydrogen-bond donors (Lipinski definition) is 0. The second kappa shape index (κ2) is 6.52. The van der Waals surface area contributed by atoms with Crippen LogP contribution in [0.3, 0.4) is 0 Å². The average molecular weight is 420 g/mol. The van der Waals surface area contributed by atoms with E-state index >= 15 is 0 Å². The monoisotopic (exact) mass is 419 g/mol. The zero-order valence-electron chi connectivity index (χ0n) is 17.1. The third-order valence-electron chi connectivity index (χ3n) is 7.56. The lowest BCUT2D eigenvalue weighted by Gasteiger charge is -2.40. The van der Waals surface area contributed by atoms with Gasteiger partial charge in [-0.1, -0.05) is 6.92 Å². The normalized spacial score (nSPS) is 34.7. The van der Waals surface area contributed by atoms with Gasteiger partial charge in [0.25, 0.3) is 0 Å². The zero-order chi connectivity index (χ0) is 20.4. The molecule has 0 radical (unpaired) electrons. The fourth-order valence-electron chi connectivity index (χ4n) is 5.80. The number of fused-ring (bicyclic) bond motifs is 1. The number of carbonyl (C=O) groups is 1. The quantitative estimate of drug-likeness (QED) is 0.746. The van der Waals surface area contributed by atoms with Gasteiger partial charge in [-0.3, -0.25) is 0 Å². The third-order valence-corrected chi connectivity index (χ3v) is 9.17. The van der Waals surface area contributed by atoms with Gasteiger partial charge in [0.15, 0.2) is 9.84 Å². The van der Waals surface area contributed by atoms with E-state index in [4.69, 9.17) is 4.74 Å². The van der Waals surface area contributed by atoms with E-state index in [0.29, 0.717) is 37.6 Å². The van der Waals surface area contributed by atoms with Crippen LogP contribution in [-0.2, 0) is 9.84 Å². The summed E-state index contributed by atoms with van der Waals surface area (Å²) >= 11 is 0. The zero-order valence-corrected chi connectivity index (χ0v) is 17.9. The van der Waals surface area contributed by atoms with Crippen LogP contribution >= 0.6 is 0 Å². The first-order valence-electron chi connectivity index (χ1n) is 10.6. The summed E-state index contributed by atoms with van der Waals surface area (Å²) in [7, 11) is -2.97. The molecule has 4 aliphatic rings. The summed E-state index contributed by atoms with van der Waals surface area (Å²) in [5, 5.41) is 0. The van der Waals surface area contributed by atoms with Crippen LogP contribution in [0.1, 0.15) is 13.8 Å². The molecule has 3 saturated heterocycles. The molecule has 29 heavy (non-hydrogen) atoms. The lowest BCUT2D eigenvalue weighted by molar-refractivity contribution is 0.111. The van der Waals surface area contributed by atoms with Crippen LogP contribution in [0.2, 0.25) is 0 Å². The number of likely N-dealkylation sites (tertiary alicyclic amines) is 1. The topological polar surface area (TPSA) is 70.2 Å². The molecule has 0 spiro atoms. The van der Waals surface area contributed by atoms with Gasteiger partial charge in [0.05, 0.1) is 18.1 Å². The van der Waals surface area contributed by atoms with Crippen molar-refractivity contribution in [3.8, 4) is 5.75 Å². The Bertz CT molecular complexity index is 904. The number of anilines is 1. The van der Waals surface area contributed by atoms with Crippen molar-refractivity contribution in [2.75, 3.05) is 55.7 Å². The van der Waals surface area contributed by atoms with E-state index < -0.39 is 9.84 Å². The van der Waals surface area contributed by atoms with Crippen LogP contribution < -0.4 is 9.64 Å². The molecule has 7 nitrogen and oxygen atoms in total. The van der Waals surface area contributed by atoms with E-state index in [2.05, 4.69) is 24.0 Å². The maximum atomic E-state index is 13.0. The van der Waals surface area contributed by atoms with Crippen molar-refractivity contribution in [3.63, 3.8) is 0 Å². The molecule has 4 fully saturated rings. The molecule has 2 amide bonds. The van der Waals surface area contributed by atoms with E-state index in [0.717, 1.165) is 25.4 Å². The first kappa shape index (κ1) is 19.0. The molecule has 1 aromatic rings. The van der Waals surface area contributed by atoms with Gasteiger partial charge in [0, 0.05) is 61.7 Å².